The van der Waals surface area contributed by atoms with Crippen LogP contribution in [-0.4, -0.2) is 44.8 Å². The van der Waals surface area contributed by atoms with E-state index < -0.39 is 10.0 Å². The van der Waals surface area contributed by atoms with Crippen LogP contribution in [0.15, 0.2) is 30.3 Å². The predicted molar refractivity (Wildman–Crippen MR) is 80.2 cm³/mol. The van der Waals surface area contributed by atoms with E-state index in [1.807, 2.05) is 30.3 Å². The van der Waals surface area contributed by atoms with E-state index in [1.165, 1.54) is 4.31 Å². The van der Waals surface area contributed by atoms with Crippen molar-refractivity contribution in [1.29, 1.82) is 0 Å². The average molecular weight is 297 g/mol. The van der Waals surface area contributed by atoms with Crippen LogP contribution in [0, 0.1) is 0 Å². The topological polar surface area (TPSA) is 46.6 Å². The Kier molecular flexibility index (Phi) is 5.57. The molecule has 5 heteroatoms. The Labute approximate surface area is 121 Å². The van der Waals surface area contributed by atoms with Gasteiger partial charge in [0.1, 0.15) is 0 Å². The minimum absolute atomic E-state index is 0.132. The fourth-order valence-corrected chi connectivity index (χ4v) is 3.62. The number of nitrogens with zero attached hydrogens (tertiary/aromatic N) is 1. The first-order valence-electron chi connectivity index (χ1n) is 7.17. The van der Waals surface area contributed by atoms with Crippen LogP contribution >= 0.6 is 0 Å². The van der Waals surface area contributed by atoms with Crippen molar-refractivity contribution in [2.45, 2.75) is 31.8 Å². The Morgan fingerprint density at radius 3 is 2.70 bits per heavy atom. The summed E-state index contributed by atoms with van der Waals surface area (Å²) in [6.07, 6.45) is 3.53. The van der Waals surface area contributed by atoms with Crippen LogP contribution in [0.2, 0.25) is 0 Å². The van der Waals surface area contributed by atoms with E-state index in [1.54, 1.807) is 7.05 Å². The molecule has 1 aliphatic rings. The molecule has 0 bridgehead atoms. The highest BCUT2D eigenvalue weighted by Gasteiger charge is 2.22. The number of likely N-dealkylation sites (N-methyl/N-ethyl adjacent to an activating group) is 1. The molecule has 0 amide bonds. The summed E-state index contributed by atoms with van der Waals surface area (Å²) < 4.78 is 31.3. The molecule has 20 heavy (non-hydrogen) atoms. The minimum atomic E-state index is -3.16. The fourth-order valence-electron chi connectivity index (χ4n) is 2.38. The van der Waals surface area contributed by atoms with Gasteiger partial charge in [0.15, 0.2) is 0 Å². The lowest BCUT2D eigenvalue weighted by Gasteiger charge is -2.18. The molecule has 1 saturated heterocycles. The van der Waals surface area contributed by atoms with Gasteiger partial charge in [-0.3, -0.25) is 0 Å². The molecule has 1 aromatic carbocycles. The van der Waals surface area contributed by atoms with Gasteiger partial charge in [-0.05, 0) is 31.2 Å². The number of benzene rings is 1. The molecule has 0 aromatic heterocycles. The molecule has 0 N–H and O–H groups in total. The van der Waals surface area contributed by atoms with Gasteiger partial charge in [-0.2, -0.15) is 0 Å². The molecule has 1 atom stereocenters. The Hall–Kier alpha value is -0.910. The average Bonchev–Trinajstić information content (AvgIpc) is 2.97. The Morgan fingerprint density at radius 1 is 1.30 bits per heavy atom. The maximum Gasteiger partial charge on any atom is 0.213 e. The summed E-state index contributed by atoms with van der Waals surface area (Å²) >= 11 is 0. The van der Waals surface area contributed by atoms with Crippen LogP contribution in [0.3, 0.4) is 0 Å². The molecule has 1 fully saturated rings. The number of hydrogen-bond donors (Lipinski definition) is 0. The highest BCUT2D eigenvalue weighted by molar-refractivity contribution is 7.89. The van der Waals surface area contributed by atoms with Gasteiger partial charge >= 0.3 is 0 Å². The van der Waals surface area contributed by atoms with Crippen molar-refractivity contribution in [3.05, 3.63) is 35.9 Å². The summed E-state index contributed by atoms with van der Waals surface area (Å²) in [5.74, 6) is 0.183. The van der Waals surface area contributed by atoms with Crippen molar-refractivity contribution in [1.82, 2.24) is 4.31 Å². The summed E-state index contributed by atoms with van der Waals surface area (Å²) in [5, 5.41) is 0. The first-order chi connectivity index (χ1) is 9.58. The quantitative estimate of drug-likeness (QED) is 0.774. The number of hydrogen-bond acceptors (Lipinski definition) is 3. The van der Waals surface area contributed by atoms with Crippen molar-refractivity contribution in [3.63, 3.8) is 0 Å². The van der Waals surface area contributed by atoms with E-state index in [0.29, 0.717) is 13.0 Å². The van der Waals surface area contributed by atoms with E-state index in [0.717, 1.165) is 31.4 Å². The van der Waals surface area contributed by atoms with E-state index in [2.05, 4.69) is 0 Å². The third-order valence-corrected chi connectivity index (χ3v) is 5.64. The smallest absolute Gasteiger partial charge is 0.213 e. The van der Waals surface area contributed by atoms with Crippen molar-refractivity contribution >= 4 is 10.0 Å². The van der Waals surface area contributed by atoms with Gasteiger partial charge in [0.05, 0.1) is 11.9 Å². The second kappa shape index (κ2) is 7.20. The molecule has 0 aliphatic carbocycles. The lowest BCUT2D eigenvalue weighted by molar-refractivity contribution is 0.108. The number of ether oxygens (including phenoxy) is 1. The molecule has 1 aliphatic heterocycles. The van der Waals surface area contributed by atoms with Crippen LogP contribution in [0.4, 0.5) is 0 Å². The summed E-state index contributed by atoms with van der Waals surface area (Å²) in [5.41, 5.74) is 1.16. The second-order valence-corrected chi connectivity index (χ2v) is 7.49. The maximum absolute atomic E-state index is 12.2. The molecule has 1 heterocycles. The molecule has 0 spiro atoms. The van der Waals surface area contributed by atoms with Gasteiger partial charge in [0.2, 0.25) is 10.0 Å². The first-order valence-corrected chi connectivity index (χ1v) is 8.78. The third-order valence-electron chi connectivity index (χ3n) is 3.75. The third kappa shape index (κ3) is 4.58. The van der Waals surface area contributed by atoms with Crippen molar-refractivity contribution < 1.29 is 13.2 Å². The van der Waals surface area contributed by atoms with Gasteiger partial charge in [0, 0.05) is 20.2 Å². The lowest BCUT2D eigenvalue weighted by Crippen LogP contribution is -2.32. The second-order valence-electron chi connectivity index (χ2n) is 5.30. The van der Waals surface area contributed by atoms with Gasteiger partial charge < -0.3 is 4.74 Å². The Bertz CT molecular complexity index is 495. The number of rotatable bonds is 7. The molecule has 1 aromatic rings. The summed E-state index contributed by atoms with van der Waals surface area (Å²) in [6.45, 7) is 1.30. The van der Waals surface area contributed by atoms with Gasteiger partial charge in [-0.15, -0.1) is 0 Å². The molecule has 4 nitrogen and oxygen atoms in total. The van der Waals surface area contributed by atoms with Crippen LogP contribution in [-0.2, 0) is 21.2 Å². The predicted octanol–water partition coefficient (Wildman–Crippen LogP) is 2.06. The van der Waals surface area contributed by atoms with Crippen molar-refractivity contribution in [2.75, 3.05) is 26.0 Å². The zero-order valence-corrected chi connectivity index (χ0v) is 12.8. The fraction of sp³-hybridized carbons (Fsp3) is 0.600. The standard InChI is InChI=1S/C15H23NO3S/c1-16(11-9-14-6-3-2-4-7-14)20(17,18)13-10-15-8-5-12-19-15/h2-4,6-7,15H,5,8-13H2,1H3. The van der Waals surface area contributed by atoms with Crippen molar-refractivity contribution in [2.24, 2.45) is 0 Å². The highest BCUT2D eigenvalue weighted by atomic mass is 32.2. The van der Waals surface area contributed by atoms with Crippen LogP contribution in [0.25, 0.3) is 0 Å². The molecule has 0 saturated carbocycles. The van der Waals surface area contributed by atoms with Gasteiger partial charge in [-0.1, -0.05) is 30.3 Å². The SMILES string of the molecule is CN(CCc1ccccc1)S(=O)(=O)CCC1CCCO1. The van der Waals surface area contributed by atoms with E-state index in [9.17, 15) is 8.42 Å². The van der Waals surface area contributed by atoms with Gasteiger partial charge in [-0.25, -0.2) is 12.7 Å². The summed E-state index contributed by atoms with van der Waals surface area (Å²) in [7, 11) is -1.50. The molecule has 2 rings (SSSR count). The highest BCUT2D eigenvalue weighted by Crippen LogP contribution is 2.16. The first kappa shape index (κ1) is 15.5. The van der Waals surface area contributed by atoms with Crippen LogP contribution in [0.5, 0.6) is 0 Å². The van der Waals surface area contributed by atoms with Crippen molar-refractivity contribution in [3.8, 4) is 0 Å². The van der Waals surface area contributed by atoms with E-state index in [-0.39, 0.29) is 11.9 Å². The molecular formula is C15H23NO3S. The largest absolute Gasteiger partial charge is 0.378 e. The Morgan fingerprint density at radius 2 is 2.05 bits per heavy atom. The normalized spacial score (nSPS) is 19.6. The Balaban J connectivity index is 1.79. The van der Waals surface area contributed by atoms with E-state index in [4.69, 9.17) is 4.74 Å². The summed E-state index contributed by atoms with van der Waals surface area (Å²) in [4.78, 5) is 0. The van der Waals surface area contributed by atoms with Crippen LogP contribution < -0.4 is 0 Å². The lowest BCUT2D eigenvalue weighted by atomic mass is 10.2. The van der Waals surface area contributed by atoms with Gasteiger partial charge in [0.25, 0.3) is 0 Å². The zero-order valence-electron chi connectivity index (χ0n) is 12.0. The molecule has 0 radical (unpaired) electrons. The maximum atomic E-state index is 12.2. The molecular weight excluding hydrogens is 274 g/mol. The minimum Gasteiger partial charge on any atom is -0.378 e. The molecule has 1 unspecified atom stereocenters. The molecule has 112 valence electrons. The monoisotopic (exact) mass is 297 g/mol. The zero-order chi connectivity index (χ0) is 14.4. The summed E-state index contributed by atoms with van der Waals surface area (Å²) in [6, 6.07) is 9.95. The van der Waals surface area contributed by atoms with E-state index >= 15 is 0 Å². The van der Waals surface area contributed by atoms with Crippen LogP contribution in [0.1, 0.15) is 24.8 Å². The number of sulfonamides is 1.